The van der Waals surface area contributed by atoms with E-state index in [1.807, 2.05) is 287 Å². The number of esters is 1. The summed E-state index contributed by atoms with van der Waals surface area (Å²) < 4.78 is 57.5. The fourth-order valence-corrected chi connectivity index (χ4v) is 20.9. The lowest BCUT2D eigenvalue weighted by molar-refractivity contribution is 0.0601. The largest absolute Gasteiger partial charge is 0.465 e. The molecular weight excluding hydrogens is 1760 g/mol. The van der Waals surface area contributed by atoms with Crippen LogP contribution in [0.5, 0.6) is 46.0 Å². The lowest BCUT2D eigenvalue weighted by atomic mass is 9.98. The van der Waals surface area contributed by atoms with Crippen molar-refractivity contribution in [1.29, 1.82) is 0 Å². The molecule has 136 heavy (non-hydrogen) atoms. The molecule has 0 N–H and O–H groups in total. The predicted molar refractivity (Wildman–Crippen MR) is 568 cm³/mol. The van der Waals surface area contributed by atoms with Gasteiger partial charge in [0.15, 0.2) is 0 Å². The van der Waals surface area contributed by atoms with E-state index in [-0.39, 0.29) is 5.91 Å². The number of methoxy groups -OCH3 is 1. The number of benzene rings is 16. The third-order valence-electron chi connectivity index (χ3n) is 22.6. The molecule has 0 aromatic heterocycles. The summed E-state index contributed by atoms with van der Waals surface area (Å²) in [5.41, 5.74) is 20.4. The second-order valence-corrected chi connectivity index (χ2v) is 38.3. The summed E-state index contributed by atoms with van der Waals surface area (Å²) in [6.45, 7) is 29.2. The van der Waals surface area contributed by atoms with Gasteiger partial charge in [0.1, 0.15) is 46.0 Å². The van der Waals surface area contributed by atoms with Crippen LogP contribution in [0, 0.1) is 55.4 Å². The molecule has 4 atom stereocenters. The average Bonchev–Trinajstić information content (AvgIpc) is 0.811. The molecule has 0 radical (unpaired) electrons. The Morgan fingerprint density at radius 2 is 0.515 bits per heavy atom. The number of carbonyl (C=O) groups excluding carboxylic acids is 2. The molecule has 16 aromatic rings. The van der Waals surface area contributed by atoms with Gasteiger partial charge in [0.2, 0.25) is 0 Å². The number of rotatable bonds is 33. The number of carbonyl (C=O) groups is 2. The molecule has 0 spiro atoms. The summed E-state index contributed by atoms with van der Waals surface area (Å²) in [5.74, 6) is 5.85. The zero-order valence-electron chi connectivity index (χ0n) is 80.1. The van der Waals surface area contributed by atoms with E-state index in [0.29, 0.717) is 35.7 Å². The summed E-state index contributed by atoms with van der Waals surface area (Å²) in [5, 5.41) is 3.98. The van der Waals surface area contributed by atoms with E-state index < -0.39 is 39.5 Å². The number of amides is 1. The zero-order valence-corrected chi connectivity index (χ0v) is 83.7. The molecule has 0 aliphatic rings. The van der Waals surface area contributed by atoms with Gasteiger partial charge in [-0.25, -0.2) is 4.79 Å². The van der Waals surface area contributed by atoms with Gasteiger partial charge in [-0.2, -0.15) is 0 Å². The van der Waals surface area contributed by atoms with Crippen LogP contribution in [0.25, 0.3) is 44.5 Å². The van der Waals surface area contributed by atoms with Gasteiger partial charge in [-0.15, -0.1) is 0 Å². The Labute approximate surface area is 809 Å². The number of anilines is 1. The van der Waals surface area contributed by atoms with Gasteiger partial charge < -0.3 is 50.7 Å². The van der Waals surface area contributed by atoms with E-state index in [9.17, 15) is 9.59 Å². The average molecular weight is 1880 g/mol. The third-order valence-corrected chi connectivity index (χ3v) is 28.4. The van der Waals surface area contributed by atoms with Crippen molar-refractivity contribution < 1.29 is 50.5 Å². The monoisotopic (exact) mass is 1880 g/mol. The van der Waals surface area contributed by atoms with Crippen LogP contribution in [0.4, 0.5) is 5.69 Å². The zero-order chi connectivity index (χ0) is 95.8. The molecule has 0 aliphatic carbocycles. The van der Waals surface area contributed by atoms with Gasteiger partial charge in [-0.3, -0.25) is 9.69 Å². The highest BCUT2D eigenvalue weighted by Gasteiger charge is 2.29. The van der Waals surface area contributed by atoms with Crippen molar-refractivity contribution in [2.24, 2.45) is 0 Å². The van der Waals surface area contributed by atoms with E-state index in [2.05, 4.69) is 207 Å². The van der Waals surface area contributed by atoms with Crippen LogP contribution in [0.3, 0.4) is 0 Å². The first-order valence-electron chi connectivity index (χ1n) is 45.8. The summed E-state index contributed by atoms with van der Waals surface area (Å²) in [7, 11) is -0.229. The van der Waals surface area contributed by atoms with Gasteiger partial charge in [0.25, 0.3) is 5.91 Å². The molecule has 1 amide bonds. The minimum absolute atomic E-state index is 0.0160. The molecule has 0 saturated heterocycles. The van der Waals surface area contributed by atoms with Crippen molar-refractivity contribution in [3.05, 3.63) is 449 Å². The Bertz CT molecular complexity index is 6580. The van der Waals surface area contributed by atoms with Crippen LogP contribution < -0.4 is 62.3 Å². The quantitative estimate of drug-likeness (QED) is 0.0286. The fourth-order valence-electron chi connectivity index (χ4n) is 15.4. The molecule has 16 rings (SSSR count). The first kappa shape index (κ1) is 99.8. The smallest absolute Gasteiger partial charge is 0.338 e. The molecule has 18 heteroatoms. The number of hydrogen-bond donors (Lipinski definition) is 0. The number of para-hydroxylation sites is 5. The Morgan fingerprint density at radius 1 is 0.257 bits per heavy atom. The summed E-state index contributed by atoms with van der Waals surface area (Å²) >= 11 is 0. The number of aryl methyl sites for hydroxylation is 8. The molecular formula is C118H119N3O11P4. The van der Waals surface area contributed by atoms with Crippen molar-refractivity contribution in [2.45, 2.75) is 89.6 Å². The summed E-state index contributed by atoms with van der Waals surface area (Å²) in [6, 6.07) is 129. The highest BCUT2D eigenvalue weighted by atomic mass is 31.2. The second-order valence-electron chi connectivity index (χ2n) is 32.8. The number of nitrogens with zero attached hydrogens (tertiary/aromatic N) is 3. The lowest BCUT2D eigenvalue weighted by Gasteiger charge is -2.23. The molecule has 14 nitrogen and oxygen atoms in total. The van der Waals surface area contributed by atoms with Gasteiger partial charge in [-0.1, -0.05) is 309 Å². The van der Waals surface area contributed by atoms with Crippen molar-refractivity contribution in [1.82, 2.24) is 9.80 Å². The lowest BCUT2D eigenvalue weighted by Crippen LogP contribution is -2.30. The maximum absolute atomic E-state index is 13.3. The summed E-state index contributed by atoms with van der Waals surface area (Å²) in [6.07, 6.45) is 0. The first-order chi connectivity index (χ1) is 66.2. The Kier molecular flexibility index (Phi) is 36.7. The molecule has 0 fully saturated rings. The van der Waals surface area contributed by atoms with E-state index in [4.69, 9.17) is 40.9 Å². The minimum Gasteiger partial charge on any atom is -0.465 e. The van der Waals surface area contributed by atoms with Gasteiger partial charge in [0.05, 0.1) is 33.9 Å². The SMILES string of the molecule is CCN(CC)C(=O)c1ccccc1-c1ccccc1OP(Oc1ccc(C)cc1C)c1ccccc1.CCN(CC)Cc1ccccc1-c1ccccc1OP(Oc1ccc(C)cc1C)c1ccccc1.COC(=O)c1ccccc1-c1ccccc1OP(Oc1ccc(C)cc1C)c1ccccc1.Cc1ccc(OP(Oc2ccccc2-c2ccccc2N(C)C)c2ccccc2)c(C)c1. The fraction of sp³-hybridized carbons (Fsp3) is 0.169. The van der Waals surface area contributed by atoms with Crippen LogP contribution in [-0.2, 0) is 11.3 Å². The standard InChI is InChI=1S/C31H32NO3P.C31H34NO2P.C28H28NO2P.C28H25O4P/c1-5-32(6-2)31(33)28-18-11-10-16-26(28)27-17-12-13-19-30(27)35-36(25-14-8-7-9-15-25)34-29-21-20-23(3)22-24(29)4;1-5-32(6-2)23-26-14-10-11-17-28(26)29-18-12-13-19-31(29)34-35(27-15-8-7-9-16-27)33-30-21-20-24(3)22-25(30)4;1-21-18-19-27(22(2)20-21)30-32(23-12-6-5-7-13-23)31-28-17-11-9-15-25(28)24-14-8-10-16-26(24)29(3)4;1-20-17-18-26(21(2)19-20)31-33(22-11-5-4-6-12-22)32-27-16-10-9-14-24(27)23-13-7-8-15-25(23)28(29)30-3/h7-22H,5-6H2,1-4H3;7-22H,5-6,23H2,1-4H3;5-20H,1-4H3;4-19H,1-3H3. The highest BCUT2D eigenvalue weighted by Crippen LogP contribution is 2.51. The Hall–Kier alpha value is -13.7. The molecule has 0 bridgehead atoms. The van der Waals surface area contributed by atoms with Crippen LogP contribution in [0.1, 0.15) is 98.5 Å². The molecule has 692 valence electrons. The Morgan fingerprint density at radius 3 is 0.831 bits per heavy atom. The highest BCUT2D eigenvalue weighted by molar-refractivity contribution is 7.57. The predicted octanol–water partition coefficient (Wildman–Crippen LogP) is 29.4. The van der Waals surface area contributed by atoms with Crippen LogP contribution in [0.2, 0.25) is 0 Å². The van der Waals surface area contributed by atoms with Gasteiger partial charge in [0, 0.05) is 72.8 Å². The van der Waals surface area contributed by atoms with E-state index in [1.165, 1.54) is 40.5 Å². The molecule has 0 heterocycles. The maximum atomic E-state index is 13.3. The van der Waals surface area contributed by atoms with Gasteiger partial charge >= 0.3 is 39.5 Å². The molecule has 0 saturated carbocycles. The third kappa shape index (κ3) is 26.9. The van der Waals surface area contributed by atoms with Crippen molar-refractivity contribution in [2.75, 3.05) is 52.3 Å². The van der Waals surface area contributed by atoms with Crippen molar-refractivity contribution in [3.63, 3.8) is 0 Å². The molecule has 4 unspecified atom stereocenters. The topological polar surface area (TPSA) is 127 Å². The van der Waals surface area contributed by atoms with E-state index >= 15 is 0 Å². The summed E-state index contributed by atoms with van der Waals surface area (Å²) in [4.78, 5) is 32.1. The number of ether oxygens (including phenoxy) is 1. The normalized spacial score (nSPS) is 11.6. The van der Waals surface area contributed by atoms with E-state index in [0.717, 1.165) is 142 Å². The van der Waals surface area contributed by atoms with Crippen LogP contribution in [-0.4, -0.2) is 69.1 Å². The number of hydrogen-bond acceptors (Lipinski definition) is 13. The maximum Gasteiger partial charge on any atom is 0.338 e. The molecule has 16 aromatic carbocycles. The second kappa shape index (κ2) is 50.1. The van der Waals surface area contributed by atoms with Crippen LogP contribution >= 0.6 is 33.5 Å². The van der Waals surface area contributed by atoms with Crippen molar-refractivity contribution in [3.8, 4) is 90.5 Å². The minimum atomic E-state index is -1.49. The van der Waals surface area contributed by atoms with Crippen molar-refractivity contribution >= 4 is 72.3 Å². The van der Waals surface area contributed by atoms with Crippen LogP contribution in [0.15, 0.2) is 388 Å². The first-order valence-corrected chi connectivity index (χ1v) is 50.5. The molecule has 0 aliphatic heterocycles. The van der Waals surface area contributed by atoms with Gasteiger partial charge in [-0.05, 0) is 242 Å². The van der Waals surface area contributed by atoms with E-state index in [1.54, 1.807) is 6.07 Å². The Balaban J connectivity index is 0.000000154.